The van der Waals surface area contributed by atoms with Crippen molar-refractivity contribution in [2.75, 3.05) is 6.61 Å². The summed E-state index contributed by atoms with van der Waals surface area (Å²) in [6.07, 6.45) is 1.80. The van der Waals surface area contributed by atoms with Crippen LogP contribution < -0.4 is 4.74 Å². The molecule has 0 saturated heterocycles. The Kier molecular flexibility index (Phi) is 7.50. The zero-order chi connectivity index (χ0) is 23.9. The van der Waals surface area contributed by atoms with Crippen molar-refractivity contribution in [2.24, 2.45) is 4.99 Å². The molecule has 3 aromatic rings. The molecule has 4 rings (SSSR count). The number of aliphatic hydroxyl groups is 1. The minimum absolute atomic E-state index is 0.0707. The number of hydrogen-bond donors (Lipinski definition) is 1. The SMILES string of the molecule is CCOC(=O)C1=C(O)/C(=C/c2ccccc2OCc2ccccc2)SC1=Nc1ccc(C)cc1. The zero-order valence-electron chi connectivity index (χ0n) is 19.0. The van der Waals surface area contributed by atoms with Crippen molar-refractivity contribution in [3.8, 4) is 5.75 Å². The van der Waals surface area contributed by atoms with Gasteiger partial charge >= 0.3 is 5.97 Å². The molecule has 34 heavy (non-hydrogen) atoms. The van der Waals surface area contributed by atoms with Crippen LogP contribution in [0.25, 0.3) is 6.08 Å². The van der Waals surface area contributed by atoms with Gasteiger partial charge in [-0.1, -0.05) is 78.0 Å². The first-order valence-corrected chi connectivity index (χ1v) is 11.8. The average molecular weight is 472 g/mol. The van der Waals surface area contributed by atoms with E-state index in [1.54, 1.807) is 13.0 Å². The predicted molar refractivity (Wildman–Crippen MR) is 137 cm³/mol. The lowest BCUT2D eigenvalue weighted by molar-refractivity contribution is -0.138. The maximum atomic E-state index is 12.6. The van der Waals surface area contributed by atoms with Crippen LogP contribution in [0.3, 0.4) is 0 Å². The number of thioether (sulfide) groups is 1. The van der Waals surface area contributed by atoms with Crippen molar-refractivity contribution in [1.29, 1.82) is 0 Å². The van der Waals surface area contributed by atoms with Gasteiger partial charge in [0, 0.05) is 5.56 Å². The van der Waals surface area contributed by atoms with Crippen LogP contribution in [0, 0.1) is 6.92 Å². The number of para-hydroxylation sites is 1. The van der Waals surface area contributed by atoms with Crippen molar-refractivity contribution in [3.05, 3.63) is 112 Å². The molecule has 1 N–H and O–H groups in total. The number of aliphatic imine (C=N–C) groups is 1. The van der Waals surface area contributed by atoms with Crippen LogP contribution in [0.5, 0.6) is 5.75 Å². The molecule has 0 amide bonds. The van der Waals surface area contributed by atoms with E-state index < -0.39 is 5.97 Å². The van der Waals surface area contributed by atoms with Gasteiger partial charge in [-0.05, 0) is 43.7 Å². The standard InChI is InChI=1S/C28H25NO4S/c1-3-32-28(31)25-26(30)24(34-27(25)29-22-15-13-19(2)14-16-22)17-21-11-7-8-12-23(21)33-18-20-9-5-4-6-10-20/h4-17,30H,3,18H2,1-2H3/b24-17-,29-27?. The Morgan fingerprint density at radius 2 is 1.71 bits per heavy atom. The third-order valence-electron chi connectivity index (χ3n) is 5.08. The summed E-state index contributed by atoms with van der Waals surface area (Å²) >= 11 is 1.23. The van der Waals surface area contributed by atoms with Gasteiger partial charge in [-0.15, -0.1) is 0 Å². The second-order valence-corrected chi connectivity index (χ2v) is 8.65. The summed E-state index contributed by atoms with van der Waals surface area (Å²) in [6, 6.07) is 25.1. The van der Waals surface area contributed by atoms with Crippen molar-refractivity contribution in [3.63, 3.8) is 0 Å². The minimum Gasteiger partial charge on any atom is -0.506 e. The molecule has 1 heterocycles. The van der Waals surface area contributed by atoms with Gasteiger partial charge in [-0.25, -0.2) is 9.79 Å². The van der Waals surface area contributed by atoms with Crippen LogP contribution >= 0.6 is 11.8 Å². The third kappa shape index (κ3) is 5.58. The first kappa shape index (κ1) is 23.4. The molecule has 1 aliphatic heterocycles. The summed E-state index contributed by atoms with van der Waals surface area (Å²) in [4.78, 5) is 17.8. The quantitative estimate of drug-likeness (QED) is 0.385. The molecule has 0 spiro atoms. The number of benzene rings is 3. The Labute approximate surface area is 203 Å². The van der Waals surface area contributed by atoms with Crippen LogP contribution in [0.15, 0.2) is 100 Å². The first-order valence-electron chi connectivity index (χ1n) is 11.0. The zero-order valence-corrected chi connectivity index (χ0v) is 19.8. The van der Waals surface area contributed by atoms with Gasteiger partial charge in [0.15, 0.2) is 0 Å². The molecule has 1 aliphatic rings. The number of esters is 1. The van der Waals surface area contributed by atoms with Gasteiger partial charge in [0.1, 0.15) is 28.7 Å². The second kappa shape index (κ2) is 10.9. The number of hydrogen-bond acceptors (Lipinski definition) is 6. The second-order valence-electron chi connectivity index (χ2n) is 7.62. The maximum Gasteiger partial charge on any atom is 0.344 e. The predicted octanol–water partition coefficient (Wildman–Crippen LogP) is 6.77. The van der Waals surface area contributed by atoms with Gasteiger partial charge in [-0.3, -0.25) is 0 Å². The van der Waals surface area contributed by atoms with E-state index in [4.69, 9.17) is 9.47 Å². The topological polar surface area (TPSA) is 68.1 Å². The highest BCUT2D eigenvalue weighted by atomic mass is 32.2. The number of rotatable bonds is 7. The average Bonchev–Trinajstić information content (AvgIpc) is 3.15. The van der Waals surface area contributed by atoms with E-state index in [-0.39, 0.29) is 17.9 Å². The maximum absolute atomic E-state index is 12.6. The normalized spacial score (nSPS) is 15.7. The summed E-state index contributed by atoms with van der Waals surface area (Å²) in [5.41, 5.74) is 3.71. The third-order valence-corrected chi connectivity index (χ3v) is 6.10. The Balaban J connectivity index is 1.67. The van der Waals surface area contributed by atoms with E-state index >= 15 is 0 Å². The van der Waals surface area contributed by atoms with Gasteiger partial charge in [0.25, 0.3) is 0 Å². The summed E-state index contributed by atoms with van der Waals surface area (Å²) in [6.45, 7) is 4.35. The van der Waals surface area contributed by atoms with E-state index in [0.717, 1.165) is 16.7 Å². The van der Waals surface area contributed by atoms with Gasteiger partial charge in [0.05, 0.1) is 17.2 Å². The molecule has 0 saturated carbocycles. The monoisotopic (exact) mass is 471 g/mol. The van der Waals surface area contributed by atoms with Crippen molar-refractivity contribution in [1.82, 2.24) is 0 Å². The molecule has 0 fully saturated rings. The number of aryl methyl sites for hydroxylation is 1. The number of carbonyl (C=O) groups excluding carboxylic acids is 1. The highest BCUT2D eigenvalue weighted by molar-refractivity contribution is 8.18. The molecule has 0 aliphatic carbocycles. The van der Waals surface area contributed by atoms with E-state index in [9.17, 15) is 9.90 Å². The fourth-order valence-corrected chi connectivity index (χ4v) is 4.36. The van der Waals surface area contributed by atoms with Crippen LogP contribution in [-0.2, 0) is 16.1 Å². The molecule has 0 bridgehead atoms. The summed E-state index contributed by atoms with van der Waals surface area (Å²) in [7, 11) is 0. The fourth-order valence-electron chi connectivity index (χ4n) is 3.34. The summed E-state index contributed by atoms with van der Waals surface area (Å²) in [5, 5.41) is 11.4. The molecule has 0 aromatic heterocycles. The lowest BCUT2D eigenvalue weighted by atomic mass is 10.1. The molecule has 5 nitrogen and oxygen atoms in total. The van der Waals surface area contributed by atoms with Crippen LogP contribution in [0.1, 0.15) is 23.6 Å². The molecule has 0 radical (unpaired) electrons. The van der Waals surface area contributed by atoms with Crippen molar-refractivity contribution in [2.45, 2.75) is 20.5 Å². The molecule has 0 unspecified atom stereocenters. The fraction of sp³-hybridized carbons (Fsp3) is 0.143. The molecule has 172 valence electrons. The first-order chi connectivity index (χ1) is 16.5. The van der Waals surface area contributed by atoms with Gasteiger partial charge in [0.2, 0.25) is 0 Å². The molecular weight excluding hydrogens is 446 g/mol. The highest BCUT2D eigenvalue weighted by Gasteiger charge is 2.33. The molecular formula is C28H25NO4S. The number of carbonyl (C=O) groups is 1. The minimum atomic E-state index is -0.602. The summed E-state index contributed by atoms with van der Waals surface area (Å²) < 4.78 is 11.2. The summed E-state index contributed by atoms with van der Waals surface area (Å²) in [5.74, 6) is -0.0728. The van der Waals surface area contributed by atoms with Crippen LogP contribution in [0.4, 0.5) is 5.69 Å². The van der Waals surface area contributed by atoms with E-state index in [2.05, 4.69) is 4.99 Å². The largest absolute Gasteiger partial charge is 0.506 e. The lowest BCUT2D eigenvalue weighted by Crippen LogP contribution is -2.12. The Bertz CT molecular complexity index is 1260. The number of ether oxygens (including phenoxy) is 2. The van der Waals surface area contributed by atoms with Gasteiger partial charge in [-0.2, -0.15) is 0 Å². The molecule has 6 heteroatoms. The van der Waals surface area contributed by atoms with E-state index in [1.807, 2.05) is 85.8 Å². The van der Waals surface area contributed by atoms with Crippen molar-refractivity contribution < 1.29 is 19.4 Å². The Morgan fingerprint density at radius 3 is 2.44 bits per heavy atom. The van der Waals surface area contributed by atoms with Crippen LogP contribution in [0.2, 0.25) is 0 Å². The number of aliphatic hydroxyl groups excluding tert-OH is 1. The number of nitrogens with zero attached hydrogens (tertiary/aromatic N) is 1. The van der Waals surface area contributed by atoms with Crippen molar-refractivity contribution >= 4 is 34.5 Å². The highest BCUT2D eigenvalue weighted by Crippen LogP contribution is 2.41. The van der Waals surface area contributed by atoms with Crippen LogP contribution in [-0.4, -0.2) is 22.7 Å². The Hall–Kier alpha value is -3.77. The molecule has 3 aromatic carbocycles. The molecule has 0 atom stereocenters. The smallest absolute Gasteiger partial charge is 0.344 e. The lowest BCUT2D eigenvalue weighted by Gasteiger charge is -2.10. The Morgan fingerprint density at radius 1 is 1.00 bits per heavy atom. The van der Waals surface area contributed by atoms with Gasteiger partial charge < -0.3 is 14.6 Å². The van der Waals surface area contributed by atoms with E-state index in [1.165, 1.54) is 11.8 Å². The van der Waals surface area contributed by atoms with E-state index in [0.29, 0.717) is 28.0 Å².